The Morgan fingerprint density at radius 2 is 1.57 bits per heavy atom. The molecule has 1 aromatic heterocycles. The average molecular weight is 540 g/mol. The van der Waals surface area contributed by atoms with Gasteiger partial charge in [0.1, 0.15) is 24.8 Å². The van der Waals surface area contributed by atoms with Crippen molar-refractivity contribution in [3.8, 4) is 39.9 Å². The van der Waals surface area contributed by atoms with E-state index in [9.17, 15) is 0 Å². The molecule has 5 rings (SSSR count). The summed E-state index contributed by atoms with van der Waals surface area (Å²) in [5.74, 6) is 3.56. The SMILES string of the molecule is CCCCN(Cc1ccc2c(c1)OCCO2)Cc1c(-c2ccc(OC)cc2)nc(-c2ccccc2)n1CCCC. The molecule has 0 atom stereocenters. The Hall–Kier alpha value is -3.77. The molecule has 0 spiro atoms. The number of fused-ring (bicyclic) bond motifs is 1. The van der Waals surface area contributed by atoms with Crippen molar-refractivity contribution in [2.45, 2.75) is 59.2 Å². The second-order valence-electron chi connectivity index (χ2n) is 10.4. The molecule has 6 heteroatoms. The molecular formula is C34H41N3O3. The van der Waals surface area contributed by atoms with Gasteiger partial charge >= 0.3 is 0 Å². The molecule has 210 valence electrons. The van der Waals surface area contributed by atoms with Gasteiger partial charge in [-0.05, 0) is 61.3 Å². The second-order valence-corrected chi connectivity index (χ2v) is 10.4. The number of aromatic nitrogens is 2. The van der Waals surface area contributed by atoms with E-state index in [1.807, 2.05) is 18.2 Å². The van der Waals surface area contributed by atoms with Crippen LogP contribution >= 0.6 is 0 Å². The van der Waals surface area contributed by atoms with Gasteiger partial charge < -0.3 is 18.8 Å². The first-order valence-corrected chi connectivity index (χ1v) is 14.6. The van der Waals surface area contributed by atoms with E-state index in [1.165, 1.54) is 11.3 Å². The van der Waals surface area contributed by atoms with Crippen LogP contribution in [-0.4, -0.2) is 41.3 Å². The number of methoxy groups -OCH3 is 1. The highest BCUT2D eigenvalue weighted by Crippen LogP contribution is 2.34. The Morgan fingerprint density at radius 3 is 2.30 bits per heavy atom. The van der Waals surface area contributed by atoms with Gasteiger partial charge in [0.2, 0.25) is 0 Å². The molecule has 0 aliphatic carbocycles. The van der Waals surface area contributed by atoms with Crippen LogP contribution in [0.15, 0.2) is 72.8 Å². The highest BCUT2D eigenvalue weighted by molar-refractivity contribution is 5.69. The van der Waals surface area contributed by atoms with Crippen molar-refractivity contribution >= 4 is 0 Å². The smallest absolute Gasteiger partial charge is 0.161 e. The van der Waals surface area contributed by atoms with Crippen molar-refractivity contribution in [2.75, 3.05) is 26.9 Å². The minimum atomic E-state index is 0.597. The van der Waals surface area contributed by atoms with Gasteiger partial charge in [-0.25, -0.2) is 4.98 Å². The zero-order valence-corrected chi connectivity index (χ0v) is 24.1. The Morgan fingerprint density at radius 1 is 0.825 bits per heavy atom. The maximum absolute atomic E-state index is 5.89. The molecular weight excluding hydrogens is 498 g/mol. The molecule has 1 aliphatic rings. The van der Waals surface area contributed by atoms with E-state index in [4.69, 9.17) is 19.2 Å². The van der Waals surface area contributed by atoms with Gasteiger partial charge in [-0.3, -0.25) is 4.90 Å². The number of imidazole rings is 1. The van der Waals surface area contributed by atoms with Crippen LogP contribution in [0.1, 0.15) is 50.8 Å². The summed E-state index contributed by atoms with van der Waals surface area (Å²) in [5.41, 5.74) is 5.78. The zero-order valence-electron chi connectivity index (χ0n) is 24.1. The van der Waals surface area contributed by atoms with Crippen LogP contribution in [0.5, 0.6) is 17.2 Å². The normalized spacial score (nSPS) is 12.6. The molecule has 2 heterocycles. The van der Waals surface area contributed by atoms with E-state index < -0.39 is 0 Å². The first-order valence-electron chi connectivity index (χ1n) is 14.6. The van der Waals surface area contributed by atoms with Crippen molar-refractivity contribution in [3.05, 3.63) is 84.1 Å². The number of hydrogen-bond acceptors (Lipinski definition) is 5. The summed E-state index contributed by atoms with van der Waals surface area (Å²) in [4.78, 5) is 7.87. The predicted molar refractivity (Wildman–Crippen MR) is 161 cm³/mol. The van der Waals surface area contributed by atoms with Crippen LogP contribution in [0, 0.1) is 0 Å². The summed E-state index contributed by atoms with van der Waals surface area (Å²) in [6, 6.07) is 25.2. The molecule has 3 aromatic carbocycles. The van der Waals surface area contributed by atoms with E-state index >= 15 is 0 Å². The third kappa shape index (κ3) is 6.50. The van der Waals surface area contributed by atoms with Gasteiger partial charge in [-0.1, -0.05) is 63.1 Å². The number of unbranched alkanes of at least 4 members (excludes halogenated alkanes) is 2. The first-order chi connectivity index (χ1) is 19.7. The van der Waals surface area contributed by atoms with Crippen LogP contribution in [0.25, 0.3) is 22.6 Å². The fourth-order valence-electron chi connectivity index (χ4n) is 5.24. The Labute approximate surface area is 238 Å². The van der Waals surface area contributed by atoms with E-state index in [1.54, 1.807) is 7.11 Å². The third-order valence-electron chi connectivity index (χ3n) is 7.42. The maximum atomic E-state index is 5.89. The third-order valence-corrected chi connectivity index (χ3v) is 7.42. The monoisotopic (exact) mass is 539 g/mol. The van der Waals surface area contributed by atoms with Gasteiger partial charge in [0.15, 0.2) is 11.5 Å². The van der Waals surface area contributed by atoms with Gasteiger partial charge in [0.25, 0.3) is 0 Å². The molecule has 4 aromatic rings. The van der Waals surface area contributed by atoms with E-state index in [2.05, 4.69) is 77.9 Å². The summed E-state index contributed by atoms with van der Waals surface area (Å²) in [7, 11) is 1.71. The van der Waals surface area contributed by atoms with Crippen LogP contribution in [-0.2, 0) is 19.6 Å². The molecule has 1 aliphatic heterocycles. The first kappa shape index (κ1) is 27.8. The number of hydrogen-bond donors (Lipinski definition) is 0. The fraction of sp³-hybridized carbons (Fsp3) is 0.382. The second kappa shape index (κ2) is 13.5. The number of rotatable bonds is 13. The van der Waals surface area contributed by atoms with Crippen LogP contribution < -0.4 is 14.2 Å². The minimum Gasteiger partial charge on any atom is -0.497 e. The predicted octanol–water partition coefficient (Wildman–Crippen LogP) is 7.60. The summed E-state index contributed by atoms with van der Waals surface area (Å²) in [6.07, 6.45) is 4.51. The molecule has 0 N–H and O–H groups in total. The summed E-state index contributed by atoms with van der Waals surface area (Å²) in [6.45, 7) is 9.28. The van der Waals surface area contributed by atoms with Gasteiger partial charge in [-0.15, -0.1) is 0 Å². The average Bonchev–Trinajstić information content (AvgIpc) is 3.36. The Balaban J connectivity index is 1.56. The minimum absolute atomic E-state index is 0.597. The maximum Gasteiger partial charge on any atom is 0.161 e. The number of ether oxygens (including phenoxy) is 3. The van der Waals surface area contributed by atoms with Crippen molar-refractivity contribution in [3.63, 3.8) is 0 Å². The molecule has 6 nitrogen and oxygen atoms in total. The molecule has 0 unspecified atom stereocenters. The Kier molecular flexibility index (Phi) is 9.40. The van der Waals surface area contributed by atoms with Gasteiger partial charge in [-0.2, -0.15) is 0 Å². The standard InChI is InChI=1S/C34H41N3O3/c1-4-6-19-36(24-26-13-18-31-32(23-26)40-22-21-39-31)25-30-33(27-14-16-29(38-3)17-15-27)35-34(37(30)20-7-5-2)28-11-9-8-10-12-28/h8-18,23H,4-7,19-22,24-25H2,1-3H3. The van der Waals surface area contributed by atoms with Crippen LogP contribution in [0.3, 0.4) is 0 Å². The number of nitrogens with zero attached hydrogens (tertiary/aromatic N) is 3. The highest BCUT2D eigenvalue weighted by atomic mass is 16.6. The van der Waals surface area contributed by atoms with Crippen molar-refractivity contribution < 1.29 is 14.2 Å². The molecule has 0 amide bonds. The number of benzene rings is 3. The molecule has 0 fully saturated rings. The van der Waals surface area contributed by atoms with E-state index in [-0.39, 0.29) is 0 Å². The summed E-state index contributed by atoms with van der Waals surface area (Å²) >= 11 is 0. The highest BCUT2D eigenvalue weighted by Gasteiger charge is 2.22. The molecule has 0 saturated carbocycles. The van der Waals surface area contributed by atoms with Crippen LogP contribution in [0.2, 0.25) is 0 Å². The van der Waals surface area contributed by atoms with Crippen molar-refractivity contribution in [1.29, 1.82) is 0 Å². The zero-order chi connectivity index (χ0) is 27.7. The topological polar surface area (TPSA) is 48.8 Å². The largest absolute Gasteiger partial charge is 0.497 e. The summed E-state index contributed by atoms with van der Waals surface area (Å²) < 4.78 is 19.6. The Bertz CT molecular complexity index is 1370. The van der Waals surface area contributed by atoms with Crippen molar-refractivity contribution in [1.82, 2.24) is 14.5 Å². The molecule has 40 heavy (non-hydrogen) atoms. The molecule has 0 radical (unpaired) electrons. The summed E-state index contributed by atoms with van der Waals surface area (Å²) in [5, 5.41) is 0. The van der Waals surface area contributed by atoms with Crippen molar-refractivity contribution in [2.24, 2.45) is 0 Å². The van der Waals surface area contributed by atoms with E-state index in [0.29, 0.717) is 13.2 Å². The van der Waals surface area contributed by atoms with E-state index in [0.717, 1.165) is 91.8 Å². The lowest BCUT2D eigenvalue weighted by Crippen LogP contribution is -2.26. The lowest BCUT2D eigenvalue weighted by atomic mass is 10.1. The lowest BCUT2D eigenvalue weighted by molar-refractivity contribution is 0.171. The van der Waals surface area contributed by atoms with Gasteiger partial charge in [0.05, 0.1) is 18.5 Å². The fourth-order valence-corrected chi connectivity index (χ4v) is 5.24. The quantitative estimate of drug-likeness (QED) is 0.175. The van der Waals surface area contributed by atoms with Crippen LogP contribution in [0.4, 0.5) is 0 Å². The molecule has 0 bridgehead atoms. The van der Waals surface area contributed by atoms with Gasteiger partial charge in [0, 0.05) is 30.8 Å². The lowest BCUT2D eigenvalue weighted by Gasteiger charge is -2.25. The molecule has 0 saturated heterocycles.